The lowest BCUT2D eigenvalue weighted by molar-refractivity contribution is 0.790. The smallest absolute Gasteiger partial charge is 0.133 e. The minimum absolute atomic E-state index is 0.0249. The van der Waals surface area contributed by atoms with E-state index in [0.717, 1.165) is 22.3 Å². The van der Waals surface area contributed by atoms with Crippen LogP contribution in [-0.2, 0) is 6.54 Å². The second-order valence-electron chi connectivity index (χ2n) is 4.27. The predicted molar refractivity (Wildman–Crippen MR) is 78.3 cm³/mol. The first kappa shape index (κ1) is 13.3. The summed E-state index contributed by atoms with van der Waals surface area (Å²) in [6.07, 6.45) is 1.79. The summed E-state index contributed by atoms with van der Waals surface area (Å²) < 4.78 is 0.812. The number of anilines is 1. The number of pyridine rings is 1. The Labute approximate surface area is 116 Å². The molecule has 0 radical (unpaired) electrons. The maximum atomic E-state index is 5.96. The highest BCUT2D eigenvalue weighted by Gasteiger charge is 2.12. The van der Waals surface area contributed by atoms with E-state index in [-0.39, 0.29) is 6.04 Å². The van der Waals surface area contributed by atoms with E-state index in [4.69, 9.17) is 17.3 Å². The highest BCUT2D eigenvalue weighted by molar-refractivity contribution is 7.16. The van der Waals surface area contributed by atoms with E-state index in [1.807, 2.05) is 38.2 Å². The third-order valence-corrected chi connectivity index (χ3v) is 3.91. The van der Waals surface area contributed by atoms with E-state index in [2.05, 4.69) is 9.88 Å². The van der Waals surface area contributed by atoms with Gasteiger partial charge in [0.1, 0.15) is 5.82 Å². The van der Waals surface area contributed by atoms with E-state index in [0.29, 0.717) is 0 Å². The van der Waals surface area contributed by atoms with Crippen molar-refractivity contribution < 1.29 is 0 Å². The number of hydrogen-bond acceptors (Lipinski definition) is 4. The fourth-order valence-electron chi connectivity index (χ4n) is 1.83. The Bertz CT molecular complexity index is 524. The van der Waals surface area contributed by atoms with Gasteiger partial charge in [0, 0.05) is 29.7 Å². The average molecular weight is 282 g/mol. The number of nitrogens with zero attached hydrogens (tertiary/aromatic N) is 2. The molecule has 2 aromatic rings. The summed E-state index contributed by atoms with van der Waals surface area (Å²) in [7, 11) is 2.02. The van der Waals surface area contributed by atoms with Crippen LogP contribution in [0.1, 0.15) is 23.4 Å². The van der Waals surface area contributed by atoms with Crippen LogP contribution in [0.4, 0.5) is 5.82 Å². The maximum absolute atomic E-state index is 5.96. The van der Waals surface area contributed by atoms with Gasteiger partial charge in [0.05, 0.1) is 10.9 Å². The first-order valence-corrected chi connectivity index (χ1v) is 6.93. The molecule has 3 nitrogen and oxygen atoms in total. The first-order valence-electron chi connectivity index (χ1n) is 5.74. The Balaban J connectivity index is 2.20. The Kier molecular flexibility index (Phi) is 4.22. The van der Waals surface area contributed by atoms with E-state index in [1.54, 1.807) is 17.5 Å². The van der Waals surface area contributed by atoms with Crippen LogP contribution in [0.2, 0.25) is 4.34 Å². The molecule has 5 heteroatoms. The molecular formula is C13H16ClN3S. The summed E-state index contributed by atoms with van der Waals surface area (Å²) in [6.45, 7) is 2.75. The largest absolute Gasteiger partial charge is 0.354 e. The topological polar surface area (TPSA) is 42.1 Å². The van der Waals surface area contributed by atoms with Crippen molar-refractivity contribution in [2.75, 3.05) is 11.9 Å². The third-order valence-electron chi connectivity index (χ3n) is 2.69. The number of nitrogens with two attached hydrogens (primary N) is 1. The fraction of sp³-hybridized carbons (Fsp3) is 0.308. The Morgan fingerprint density at radius 2 is 2.22 bits per heavy atom. The van der Waals surface area contributed by atoms with Gasteiger partial charge in [0.25, 0.3) is 0 Å². The van der Waals surface area contributed by atoms with E-state index < -0.39 is 0 Å². The quantitative estimate of drug-likeness (QED) is 0.933. The fourth-order valence-corrected chi connectivity index (χ4v) is 2.97. The molecule has 2 heterocycles. The van der Waals surface area contributed by atoms with Crippen molar-refractivity contribution in [1.82, 2.24) is 4.98 Å². The standard InChI is InChI=1S/C13H16ClN3S/c1-9(15)11-4-3-7-16-13(11)17(2)8-10-5-6-12(14)18-10/h3-7,9H,8,15H2,1-2H3/t9-/m0/s1. The Morgan fingerprint density at radius 3 is 2.83 bits per heavy atom. The van der Waals surface area contributed by atoms with Crippen molar-refractivity contribution in [3.8, 4) is 0 Å². The second kappa shape index (κ2) is 5.69. The molecule has 1 atom stereocenters. The third kappa shape index (κ3) is 3.02. The minimum atomic E-state index is -0.0249. The minimum Gasteiger partial charge on any atom is -0.354 e. The summed E-state index contributed by atoms with van der Waals surface area (Å²) >= 11 is 7.53. The van der Waals surface area contributed by atoms with Gasteiger partial charge < -0.3 is 10.6 Å². The van der Waals surface area contributed by atoms with Gasteiger partial charge in [-0.05, 0) is 25.1 Å². The summed E-state index contributed by atoms with van der Waals surface area (Å²) in [4.78, 5) is 7.73. The van der Waals surface area contributed by atoms with Crippen LogP contribution in [0.25, 0.3) is 0 Å². The highest BCUT2D eigenvalue weighted by atomic mass is 35.5. The van der Waals surface area contributed by atoms with Gasteiger partial charge in [0.15, 0.2) is 0 Å². The zero-order chi connectivity index (χ0) is 13.1. The molecule has 0 aliphatic rings. The highest BCUT2D eigenvalue weighted by Crippen LogP contribution is 2.26. The van der Waals surface area contributed by atoms with Crippen LogP contribution in [0.15, 0.2) is 30.5 Å². The molecule has 0 fully saturated rings. The van der Waals surface area contributed by atoms with Crippen LogP contribution >= 0.6 is 22.9 Å². The van der Waals surface area contributed by atoms with Gasteiger partial charge in [-0.3, -0.25) is 0 Å². The number of halogens is 1. The normalized spacial score (nSPS) is 12.4. The lowest BCUT2D eigenvalue weighted by Crippen LogP contribution is -2.21. The Morgan fingerprint density at radius 1 is 1.44 bits per heavy atom. The van der Waals surface area contributed by atoms with Crippen molar-refractivity contribution in [3.05, 3.63) is 45.2 Å². The predicted octanol–water partition coefficient (Wildman–Crippen LogP) is 3.45. The van der Waals surface area contributed by atoms with Crippen LogP contribution < -0.4 is 10.6 Å². The molecule has 0 aliphatic carbocycles. The number of hydrogen-bond donors (Lipinski definition) is 1. The molecular weight excluding hydrogens is 266 g/mol. The molecule has 0 bridgehead atoms. The van der Waals surface area contributed by atoms with Crippen molar-refractivity contribution >= 4 is 28.8 Å². The summed E-state index contributed by atoms with van der Waals surface area (Å²) in [6, 6.07) is 7.87. The van der Waals surface area contributed by atoms with Gasteiger partial charge >= 0.3 is 0 Å². The molecule has 18 heavy (non-hydrogen) atoms. The van der Waals surface area contributed by atoms with E-state index in [9.17, 15) is 0 Å². The summed E-state index contributed by atoms with van der Waals surface area (Å²) in [5.41, 5.74) is 7.02. The first-order chi connectivity index (χ1) is 8.58. The van der Waals surface area contributed by atoms with Gasteiger partial charge in [-0.25, -0.2) is 4.98 Å². The van der Waals surface area contributed by atoms with Crippen molar-refractivity contribution in [3.63, 3.8) is 0 Å². The molecule has 0 aromatic carbocycles. The number of aromatic nitrogens is 1. The second-order valence-corrected chi connectivity index (χ2v) is 6.07. The summed E-state index contributed by atoms with van der Waals surface area (Å²) in [5, 5.41) is 0. The van der Waals surface area contributed by atoms with Crippen molar-refractivity contribution in [1.29, 1.82) is 0 Å². The molecule has 0 aliphatic heterocycles. The van der Waals surface area contributed by atoms with Gasteiger partial charge in [0.2, 0.25) is 0 Å². The molecule has 0 amide bonds. The van der Waals surface area contributed by atoms with Crippen LogP contribution in [0, 0.1) is 0 Å². The van der Waals surface area contributed by atoms with Crippen molar-refractivity contribution in [2.24, 2.45) is 5.73 Å². The maximum Gasteiger partial charge on any atom is 0.133 e. The lowest BCUT2D eigenvalue weighted by atomic mass is 10.1. The molecule has 2 aromatic heterocycles. The SMILES string of the molecule is C[C@H](N)c1cccnc1N(C)Cc1ccc(Cl)s1. The number of rotatable bonds is 4. The Hall–Kier alpha value is -1.10. The van der Waals surface area contributed by atoms with Gasteiger partial charge in [-0.2, -0.15) is 0 Å². The molecule has 0 saturated carbocycles. The molecule has 0 unspecified atom stereocenters. The average Bonchev–Trinajstić information content (AvgIpc) is 2.74. The molecule has 0 saturated heterocycles. The summed E-state index contributed by atoms with van der Waals surface area (Å²) in [5.74, 6) is 0.928. The van der Waals surface area contributed by atoms with E-state index >= 15 is 0 Å². The van der Waals surface area contributed by atoms with Crippen LogP contribution in [-0.4, -0.2) is 12.0 Å². The van der Waals surface area contributed by atoms with Crippen LogP contribution in [0.5, 0.6) is 0 Å². The van der Waals surface area contributed by atoms with Crippen molar-refractivity contribution in [2.45, 2.75) is 19.5 Å². The molecule has 96 valence electrons. The lowest BCUT2D eigenvalue weighted by Gasteiger charge is -2.21. The monoisotopic (exact) mass is 281 g/mol. The van der Waals surface area contributed by atoms with E-state index in [1.165, 1.54) is 4.88 Å². The molecule has 2 N–H and O–H groups in total. The molecule has 0 spiro atoms. The molecule has 2 rings (SSSR count). The number of thiophene rings is 1. The zero-order valence-corrected chi connectivity index (χ0v) is 12.0. The van der Waals surface area contributed by atoms with Crippen LogP contribution in [0.3, 0.4) is 0 Å². The van der Waals surface area contributed by atoms with Gasteiger partial charge in [-0.15, -0.1) is 11.3 Å². The zero-order valence-electron chi connectivity index (χ0n) is 10.4. The van der Waals surface area contributed by atoms with Gasteiger partial charge in [-0.1, -0.05) is 17.7 Å².